The molecule has 0 spiro atoms. The van der Waals surface area contributed by atoms with E-state index < -0.39 is 10.0 Å². The number of anilines is 1. The third-order valence-electron chi connectivity index (χ3n) is 3.70. The quantitative estimate of drug-likeness (QED) is 0.746. The number of sulfonamides is 1. The van der Waals surface area contributed by atoms with E-state index >= 15 is 0 Å². The Morgan fingerprint density at radius 1 is 1.11 bits per heavy atom. The van der Waals surface area contributed by atoms with Gasteiger partial charge in [0.2, 0.25) is 10.0 Å². The Bertz CT molecular complexity index is 879. The summed E-state index contributed by atoms with van der Waals surface area (Å²) in [7, 11) is -0.350. The molecule has 8 heteroatoms. The van der Waals surface area contributed by atoms with Crippen molar-refractivity contribution in [2.24, 2.45) is 0 Å². The molecule has 0 bridgehead atoms. The lowest BCUT2D eigenvalue weighted by Gasteiger charge is -2.18. The molecule has 0 fully saturated rings. The Labute approximate surface area is 160 Å². The SMILES string of the molecule is COc1cccc(N(C)C(=O)COc2ccc(S(=O)(=O)NC(C)C)cc2)c1. The van der Waals surface area contributed by atoms with E-state index in [0.717, 1.165) is 0 Å². The number of hydrogen-bond donors (Lipinski definition) is 1. The van der Waals surface area contributed by atoms with Crippen LogP contribution >= 0.6 is 0 Å². The zero-order chi connectivity index (χ0) is 20.0. The van der Waals surface area contributed by atoms with Gasteiger partial charge in [-0.3, -0.25) is 4.79 Å². The van der Waals surface area contributed by atoms with Gasteiger partial charge in [0, 0.05) is 24.8 Å². The first kappa shape index (κ1) is 20.7. The highest BCUT2D eigenvalue weighted by molar-refractivity contribution is 7.89. The van der Waals surface area contributed by atoms with Crippen LogP contribution in [0.5, 0.6) is 11.5 Å². The maximum Gasteiger partial charge on any atom is 0.264 e. The van der Waals surface area contributed by atoms with E-state index in [1.807, 2.05) is 0 Å². The average Bonchev–Trinajstić information content (AvgIpc) is 2.64. The number of ether oxygens (including phenoxy) is 2. The number of carbonyl (C=O) groups excluding carboxylic acids is 1. The van der Waals surface area contributed by atoms with Gasteiger partial charge in [-0.2, -0.15) is 0 Å². The van der Waals surface area contributed by atoms with Gasteiger partial charge in [0.1, 0.15) is 11.5 Å². The van der Waals surface area contributed by atoms with E-state index in [0.29, 0.717) is 17.2 Å². The lowest BCUT2D eigenvalue weighted by molar-refractivity contribution is -0.120. The fourth-order valence-electron chi connectivity index (χ4n) is 2.30. The van der Waals surface area contributed by atoms with Gasteiger partial charge in [-0.25, -0.2) is 13.1 Å². The Balaban J connectivity index is 1.98. The summed E-state index contributed by atoms with van der Waals surface area (Å²) in [4.78, 5) is 13.9. The van der Waals surface area contributed by atoms with Crippen molar-refractivity contribution in [3.05, 3.63) is 48.5 Å². The van der Waals surface area contributed by atoms with E-state index in [1.54, 1.807) is 52.3 Å². The fraction of sp³-hybridized carbons (Fsp3) is 0.316. The van der Waals surface area contributed by atoms with Gasteiger partial charge in [0.05, 0.1) is 12.0 Å². The minimum atomic E-state index is -3.56. The minimum absolute atomic E-state index is 0.142. The summed E-state index contributed by atoms with van der Waals surface area (Å²) in [5.74, 6) is 0.812. The highest BCUT2D eigenvalue weighted by Gasteiger charge is 2.16. The molecule has 1 amide bonds. The third kappa shape index (κ3) is 5.70. The first-order valence-corrected chi connectivity index (χ1v) is 9.87. The van der Waals surface area contributed by atoms with Crippen molar-refractivity contribution in [3.63, 3.8) is 0 Å². The summed E-state index contributed by atoms with van der Waals surface area (Å²) in [5, 5.41) is 0. The number of carbonyl (C=O) groups is 1. The van der Waals surface area contributed by atoms with Crippen LogP contribution in [0.1, 0.15) is 13.8 Å². The Hall–Kier alpha value is -2.58. The van der Waals surface area contributed by atoms with Gasteiger partial charge < -0.3 is 14.4 Å². The van der Waals surface area contributed by atoms with Crippen molar-refractivity contribution >= 4 is 21.6 Å². The van der Waals surface area contributed by atoms with Gasteiger partial charge in [-0.15, -0.1) is 0 Å². The van der Waals surface area contributed by atoms with E-state index in [-0.39, 0.29) is 23.5 Å². The topological polar surface area (TPSA) is 84.9 Å². The molecule has 0 radical (unpaired) electrons. The predicted molar refractivity (Wildman–Crippen MR) is 104 cm³/mol. The molecule has 2 rings (SSSR count). The van der Waals surface area contributed by atoms with Gasteiger partial charge in [0.15, 0.2) is 6.61 Å². The van der Waals surface area contributed by atoms with Gasteiger partial charge in [-0.05, 0) is 50.2 Å². The number of methoxy groups -OCH3 is 1. The molecule has 0 unspecified atom stereocenters. The summed E-state index contributed by atoms with van der Waals surface area (Å²) in [6.45, 7) is 3.32. The molecule has 0 aliphatic carbocycles. The summed E-state index contributed by atoms with van der Waals surface area (Å²) in [6, 6.07) is 12.9. The van der Waals surface area contributed by atoms with Crippen LogP contribution in [0.4, 0.5) is 5.69 Å². The molecular formula is C19H24N2O5S. The predicted octanol–water partition coefficient (Wildman–Crippen LogP) is 2.42. The van der Waals surface area contributed by atoms with Gasteiger partial charge in [-0.1, -0.05) is 6.07 Å². The van der Waals surface area contributed by atoms with Crippen molar-refractivity contribution in [1.29, 1.82) is 0 Å². The highest BCUT2D eigenvalue weighted by Crippen LogP contribution is 2.20. The van der Waals surface area contributed by atoms with Crippen LogP contribution in [0.3, 0.4) is 0 Å². The van der Waals surface area contributed by atoms with Crippen LogP contribution in [-0.2, 0) is 14.8 Å². The molecule has 0 heterocycles. The van der Waals surface area contributed by atoms with Crippen LogP contribution in [0.15, 0.2) is 53.4 Å². The van der Waals surface area contributed by atoms with E-state index in [2.05, 4.69) is 4.72 Å². The normalized spacial score (nSPS) is 11.3. The number of nitrogens with one attached hydrogen (secondary N) is 1. The molecule has 146 valence electrons. The maximum atomic E-state index is 12.3. The standard InChI is InChI=1S/C19H24N2O5S/c1-14(2)20-27(23,24)18-10-8-16(9-11-18)26-13-19(22)21(3)15-6-5-7-17(12-15)25-4/h5-12,14,20H,13H2,1-4H3. The number of benzene rings is 2. The Morgan fingerprint density at radius 2 is 1.78 bits per heavy atom. The zero-order valence-electron chi connectivity index (χ0n) is 15.8. The molecule has 27 heavy (non-hydrogen) atoms. The highest BCUT2D eigenvalue weighted by atomic mass is 32.2. The second-order valence-corrected chi connectivity index (χ2v) is 7.90. The number of likely N-dealkylation sites (N-methyl/N-ethyl adjacent to an activating group) is 1. The Morgan fingerprint density at radius 3 is 2.37 bits per heavy atom. The van der Waals surface area contributed by atoms with E-state index in [1.165, 1.54) is 29.2 Å². The third-order valence-corrected chi connectivity index (χ3v) is 5.38. The van der Waals surface area contributed by atoms with E-state index in [4.69, 9.17) is 9.47 Å². The van der Waals surface area contributed by atoms with Crippen LogP contribution < -0.4 is 19.1 Å². The fourth-order valence-corrected chi connectivity index (χ4v) is 3.55. The number of rotatable bonds is 8. The van der Waals surface area contributed by atoms with Crippen molar-refractivity contribution in [2.45, 2.75) is 24.8 Å². The molecular weight excluding hydrogens is 368 g/mol. The van der Waals surface area contributed by atoms with Crippen LogP contribution in [-0.4, -0.2) is 41.1 Å². The van der Waals surface area contributed by atoms with Crippen molar-refractivity contribution < 1.29 is 22.7 Å². The van der Waals surface area contributed by atoms with Gasteiger partial charge >= 0.3 is 0 Å². The average molecular weight is 392 g/mol. The molecule has 0 aliphatic heterocycles. The first-order chi connectivity index (χ1) is 12.7. The molecule has 0 aromatic heterocycles. The van der Waals surface area contributed by atoms with Crippen molar-refractivity contribution in [2.75, 3.05) is 25.7 Å². The van der Waals surface area contributed by atoms with Crippen LogP contribution in [0.25, 0.3) is 0 Å². The summed E-state index contributed by atoms with van der Waals surface area (Å²) < 4.78 is 37.3. The van der Waals surface area contributed by atoms with Crippen LogP contribution in [0, 0.1) is 0 Å². The lowest BCUT2D eigenvalue weighted by Crippen LogP contribution is -2.31. The number of amides is 1. The monoisotopic (exact) mass is 392 g/mol. The van der Waals surface area contributed by atoms with Crippen molar-refractivity contribution in [1.82, 2.24) is 4.72 Å². The largest absolute Gasteiger partial charge is 0.497 e. The smallest absolute Gasteiger partial charge is 0.264 e. The molecule has 1 N–H and O–H groups in total. The first-order valence-electron chi connectivity index (χ1n) is 8.38. The zero-order valence-corrected chi connectivity index (χ0v) is 16.6. The minimum Gasteiger partial charge on any atom is -0.497 e. The summed E-state index contributed by atoms with van der Waals surface area (Å²) in [5.41, 5.74) is 0.684. The molecule has 0 aliphatic rings. The molecule has 7 nitrogen and oxygen atoms in total. The molecule has 2 aromatic rings. The summed E-state index contributed by atoms with van der Waals surface area (Å²) in [6.07, 6.45) is 0. The lowest BCUT2D eigenvalue weighted by atomic mass is 10.3. The van der Waals surface area contributed by atoms with Crippen molar-refractivity contribution in [3.8, 4) is 11.5 Å². The maximum absolute atomic E-state index is 12.3. The number of nitrogens with zero attached hydrogens (tertiary/aromatic N) is 1. The Kier molecular flexibility index (Phi) is 6.81. The molecule has 0 atom stereocenters. The van der Waals surface area contributed by atoms with Gasteiger partial charge in [0.25, 0.3) is 5.91 Å². The van der Waals surface area contributed by atoms with Crippen LogP contribution in [0.2, 0.25) is 0 Å². The second-order valence-electron chi connectivity index (χ2n) is 6.19. The molecule has 2 aromatic carbocycles. The molecule has 0 saturated heterocycles. The second kappa shape index (κ2) is 8.88. The number of hydrogen-bond acceptors (Lipinski definition) is 5. The summed E-state index contributed by atoms with van der Waals surface area (Å²) >= 11 is 0. The van der Waals surface area contributed by atoms with E-state index in [9.17, 15) is 13.2 Å². The molecule has 0 saturated carbocycles.